The molecule has 0 saturated carbocycles. The van der Waals surface area contributed by atoms with E-state index >= 15 is 0 Å². The van der Waals surface area contributed by atoms with E-state index in [1.807, 2.05) is 0 Å². The lowest BCUT2D eigenvalue weighted by Crippen LogP contribution is -2.11. The number of halogens is 4. The minimum absolute atomic E-state index is 0.0527. The molecular formula is C15H12F4N4O2. The van der Waals surface area contributed by atoms with Crippen molar-refractivity contribution in [3.05, 3.63) is 46.8 Å². The highest BCUT2D eigenvalue weighted by molar-refractivity contribution is 5.84. The van der Waals surface area contributed by atoms with Crippen molar-refractivity contribution < 1.29 is 22.3 Å². The largest absolute Gasteiger partial charge is 0.422 e. The lowest BCUT2D eigenvalue weighted by Gasteiger charge is -2.10. The van der Waals surface area contributed by atoms with Crippen LogP contribution in [-0.4, -0.2) is 25.9 Å². The number of aryl methyl sites for hydroxylation is 1. The van der Waals surface area contributed by atoms with Gasteiger partial charge in [-0.3, -0.25) is 14.6 Å². The first-order chi connectivity index (χ1) is 11.8. The molecular weight excluding hydrogens is 344 g/mol. The molecule has 25 heavy (non-hydrogen) atoms. The van der Waals surface area contributed by atoms with Crippen molar-refractivity contribution in [3.63, 3.8) is 0 Å². The predicted octanol–water partition coefficient (Wildman–Crippen LogP) is 3.39. The van der Waals surface area contributed by atoms with E-state index in [0.29, 0.717) is 5.52 Å². The molecule has 0 saturated heterocycles. The molecule has 0 radical (unpaired) electrons. The van der Waals surface area contributed by atoms with Gasteiger partial charge < -0.3 is 4.74 Å². The second kappa shape index (κ2) is 6.54. The average Bonchev–Trinajstić information content (AvgIpc) is 2.86. The molecule has 3 aromatic rings. The van der Waals surface area contributed by atoms with Crippen LogP contribution in [0.1, 0.15) is 12.8 Å². The number of rotatable bonds is 5. The van der Waals surface area contributed by atoms with Crippen LogP contribution in [-0.2, 0) is 6.54 Å². The number of aromatic amines is 1. The highest BCUT2D eigenvalue weighted by Crippen LogP contribution is 2.28. The minimum Gasteiger partial charge on any atom is -0.422 e. The molecule has 0 amide bonds. The molecule has 6 nitrogen and oxygen atoms in total. The number of H-pyrrole nitrogens is 1. The van der Waals surface area contributed by atoms with Gasteiger partial charge in [0.15, 0.2) is 11.6 Å². The van der Waals surface area contributed by atoms with E-state index in [4.69, 9.17) is 4.74 Å². The van der Waals surface area contributed by atoms with Crippen molar-refractivity contribution in [3.8, 4) is 11.8 Å². The highest BCUT2D eigenvalue weighted by atomic mass is 19.4. The number of fused-ring (bicyclic) bond motifs is 1. The summed E-state index contributed by atoms with van der Waals surface area (Å²) < 4.78 is 56.6. The van der Waals surface area contributed by atoms with Gasteiger partial charge in [0.2, 0.25) is 0 Å². The van der Waals surface area contributed by atoms with E-state index in [1.54, 1.807) is 6.07 Å². The maximum Gasteiger partial charge on any atom is 0.389 e. The van der Waals surface area contributed by atoms with Gasteiger partial charge in [-0.2, -0.15) is 13.2 Å². The van der Waals surface area contributed by atoms with Crippen LogP contribution >= 0.6 is 0 Å². The zero-order valence-electron chi connectivity index (χ0n) is 12.7. The van der Waals surface area contributed by atoms with Crippen molar-refractivity contribution in [2.24, 2.45) is 0 Å². The van der Waals surface area contributed by atoms with Crippen LogP contribution < -0.4 is 10.3 Å². The fourth-order valence-electron chi connectivity index (χ4n) is 2.36. The van der Waals surface area contributed by atoms with E-state index in [9.17, 15) is 22.4 Å². The number of ether oxygens (including phenoxy) is 1. The quantitative estimate of drug-likeness (QED) is 0.711. The highest BCUT2D eigenvalue weighted by Gasteiger charge is 2.26. The SMILES string of the molecule is O=c1[nH]n(CCCC(F)(F)F)c2c(Oc3ncc(F)cn3)cccc12. The molecule has 2 heterocycles. The normalized spacial score (nSPS) is 11.8. The Balaban J connectivity index is 1.93. The van der Waals surface area contributed by atoms with Gasteiger partial charge in [0.05, 0.1) is 17.8 Å². The van der Waals surface area contributed by atoms with Crippen molar-refractivity contribution in [2.75, 3.05) is 0 Å². The van der Waals surface area contributed by atoms with Gasteiger partial charge in [0.25, 0.3) is 5.56 Å². The standard InChI is InChI=1S/C15H12F4N4O2/c16-9-7-20-14(21-8-9)25-11-4-1-3-10-12(11)23(22-13(10)24)6-2-5-15(17,18)19/h1,3-4,7-8H,2,5-6H2,(H,22,24). The molecule has 132 valence electrons. The molecule has 0 aliphatic rings. The minimum atomic E-state index is -4.27. The van der Waals surface area contributed by atoms with Gasteiger partial charge >= 0.3 is 12.2 Å². The third kappa shape index (κ3) is 3.95. The van der Waals surface area contributed by atoms with E-state index in [-0.39, 0.29) is 30.1 Å². The molecule has 0 aliphatic carbocycles. The van der Waals surface area contributed by atoms with Crippen LogP contribution in [0.15, 0.2) is 35.4 Å². The summed E-state index contributed by atoms with van der Waals surface area (Å²) in [6.07, 6.45) is -3.63. The first-order valence-electron chi connectivity index (χ1n) is 7.27. The summed E-state index contributed by atoms with van der Waals surface area (Å²) in [7, 11) is 0. The fraction of sp³-hybridized carbons (Fsp3) is 0.267. The van der Waals surface area contributed by atoms with E-state index in [2.05, 4.69) is 15.1 Å². The Labute approximate surface area is 138 Å². The Bertz CT molecular complexity index is 931. The summed E-state index contributed by atoms with van der Waals surface area (Å²) in [4.78, 5) is 19.3. The van der Waals surface area contributed by atoms with Crippen LogP contribution in [0.5, 0.6) is 11.8 Å². The van der Waals surface area contributed by atoms with E-state index in [0.717, 1.165) is 12.4 Å². The van der Waals surface area contributed by atoms with Gasteiger partial charge in [-0.15, -0.1) is 0 Å². The van der Waals surface area contributed by atoms with Crippen LogP contribution in [0, 0.1) is 5.82 Å². The number of nitrogens with zero attached hydrogens (tertiary/aromatic N) is 3. The molecule has 10 heteroatoms. The number of hydrogen-bond donors (Lipinski definition) is 1. The third-order valence-electron chi connectivity index (χ3n) is 3.39. The van der Waals surface area contributed by atoms with Gasteiger partial charge in [-0.25, -0.2) is 14.4 Å². The molecule has 0 unspecified atom stereocenters. The molecule has 0 fully saturated rings. The molecule has 2 aromatic heterocycles. The number of benzene rings is 1. The number of alkyl halides is 3. The molecule has 1 aromatic carbocycles. The number of nitrogens with one attached hydrogen (secondary N) is 1. The van der Waals surface area contributed by atoms with Gasteiger partial charge in [-0.1, -0.05) is 6.07 Å². The molecule has 3 rings (SSSR count). The Morgan fingerprint density at radius 3 is 2.60 bits per heavy atom. The first kappa shape index (κ1) is 16.9. The Hall–Kier alpha value is -2.91. The summed E-state index contributed by atoms with van der Waals surface area (Å²) >= 11 is 0. The number of aromatic nitrogens is 4. The Kier molecular flexibility index (Phi) is 4.43. The number of para-hydroxylation sites is 1. The Morgan fingerprint density at radius 2 is 1.92 bits per heavy atom. The van der Waals surface area contributed by atoms with Crippen LogP contribution in [0.3, 0.4) is 0 Å². The summed E-state index contributed by atoms with van der Waals surface area (Å²) in [5.41, 5.74) is -0.157. The van der Waals surface area contributed by atoms with E-state index < -0.39 is 24.0 Å². The molecule has 0 bridgehead atoms. The number of hydrogen-bond acceptors (Lipinski definition) is 4. The zero-order chi connectivity index (χ0) is 18.0. The maximum absolute atomic E-state index is 12.9. The van der Waals surface area contributed by atoms with Crippen LogP contribution in [0.4, 0.5) is 17.6 Å². The monoisotopic (exact) mass is 356 g/mol. The van der Waals surface area contributed by atoms with Gasteiger partial charge in [0, 0.05) is 13.0 Å². The lowest BCUT2D eigenvalue weighted by molar-refractivity contribution is -0.135. The second-order valence-electron chi connectivity index (χ2n) is 5.25. The third-order valence-corrected chi connectivity index (χ3v) is 3.39. The van der Waals surface area contributed by atoms with Gasteiger partial charge in [0.1, 0.15) is 5.52 Å². The predicted molar refractivity (Wildman–Crippen MR) is 79.9 cm³/mol. The van der Waals surface area contributed by atoms with Crippen LogP contribution in [0.25, 0.3) is 10.9 Å². The topological polar surface area (TPSA) is 72.8 Å². The summed E-state index contributed by atoms with van der Waals surface area (Å²) in [5, 5.41) is 2.74. The lowest BCUT2D eigenvalue weighted by atomic mass is 10.2. The zero-order valence-corrected chi connectivity index (χ0v) is 12.7. The van der Waals surface area contributed by atoms with Crippen molar-refractivity contribution in [1.82, 2.24) is 19.7 Å². The summed E-state index contributed by atoms with van der Waals surface area (Å²) in [5.74, 6) is -0.467. The molecule has 0 aliphatic heterocycles. The fourth-order valence-corrected chi connectivity index (χ4v) is 2.36. The van der Waals surface area contributed by atoms with Crippen molar-refractivity contribution in [2.45, 2.75) is 25.6 Å². The molecule has 0 spiro atoms. The summed E-state index contributed by atoms with van der Waals surface area (Å²) in [6, 6.07) is 4.44. The maximum atomic E-state index is 12.9. The second-order valence-corrected chi connectivity index (χ2v) is 5.25. The van der Waals surface area contributed by atoms with Crippen LogP contribution in [0.2, 0.25) is 0 Å². The van der Waals surface area contributed by atoms with Crippen molar-refractivity contribution >= 4 is 10.9 Å². The average molecular weight is 356 g/mol. The summed E-state index contributed by atoms with van der Waals surface area (Å²) in [6.45, 7) is -0.0527. The Morgan fingerprint density at radius 1 is 1.20 bits per heavy atom. The van der Waals surface area contributed by atoms with E-state index in [1.165, 1.54) is 16.8 Å². The van der Waals surface area contributed by atoms with Gasteiger partial charge in [-0.05, 0) is 18.6 Å². The van der Waals surface area contributed by atoms with Crippen molar-refractivity contribution in [1.29, 1.82) is 0 Å². The molecule has 0 atom stereocenters. The molecule has 1 N–H and O–H groups in total. The smallest absolute Gasteiger partial charge is 0.389 e. The first-order valence-corrected chi connectivity index (χ1v) is 7.27.